The molecule has 3 aliphatic rings. The third-order valence-corrected chi connectivity index (χ3v) is 8.30. The first kappa shape index (κ1) is 25.7. The number of hydrogen-bond acceptors (Lipinski definition) is 8. The molecule has 0 unspecified atom stereocenters. The number of benzene rings is 2. The summed E-state index contributed by atoms with van der Waals surface area (Å²) >= 11 is 0. The highest BCUT2D eigenvalue weighted by Crippen LogP contribution is 2.55. The first-order valence-corrected chi connectivity index (χ1v) is 12.5. The van der Waals surface area contributed by atoms with E-state index in [2.05, 4.69) is 0 Å². The van der Waals surface area contributed by atoms with Gasteiger partial charge in [-0.2, -0.15) is 0 Å². The van der Waals surface area contributed by atoms with E-state index in [1.165, 1.54) is 6.07 Å². The first-order valence-electron chi connectivity index (χ1n) is 12.5. The number of hydrogen-bond donors (Lipinski definition) is 6. The third kappa shape index (κ3) is 3.42. The Morgan fingerprint density at radius 2 is 1.74 bits per heavy atom. The van der Waals surface area contributed by atoms with Crippen LogP contribution in [0.4, 0.5) is 0 Å². The Balaban J connectivity index is 1.72. The number of fused-ring (bicyclic) bond motifs is 3. The number of rotatable bonds is 4. The fraction of sp³-hybridized carbons (Fsp3) is 0.345. The molecule has 2 aromatic rings. The summed E-state index contributed by atoms with van der Waals surface area (Å²) in [6.45, 7) is 3.32. The van der Waals surface area contributed by atoms with Crippen LogP contribution >= 0.6 is 0 Å². The molecule has 0 bridgehead atoms. The molecule has 0 spiro atoms. The summed E-state index contributed by atoms with van der Waals surface area (Å²) in [5, 5.41) is 54.0. The second kappa shape index (κ2) is 8.82. The van der Waals surface area contributed by atoms with Crippen LogP contribution in [0.25, 0.3) is 16.9 Å². The van der Waals surface area contributed by atoms with Crippen LogP contribution in [0.5, 0.6) is 5.75 Å². The smallest absolute Gasteiger partial charge is 0.255 e. The minimum absolute atomic E-state index is 0.0428. The average Bonchev–Trinajstić information content (AvgIpc) is 2.86. The molecule has 1 saturated carbocycles. The molecule has 2 aromatic carbocycles. The van der Waals surface area contributed by atoms with Crippen molar-refractivity contribution in [1.82, 2.24) is 0 Å². The van der Waals surface area contributed by atoms with Gasteiger partial charge in [0.25, 0.3) is 5.91 Å². The lowest BCUT2D eigenvalue weighted by Crippen LogP contribution is -2.62. The minimum Gasteiger partial charge on any atom is -0.508 e. The van der Waals surface area contributed by atoms with Crippen molar-refractivity contribution in [2.45, 2.75) is 38.9 Å². The van der Waals surface area contributed by atoms with Crippen LogP contribution in [0.2, 0.25) is 0 Å². The molecule has 0 heterocycles. The van der Waals surface area contributed by atoms with Gasteiger partial charge in [0, 0.05) is 17.4 Å². The Morgan fingerprint density at radius 3 is 2.32 bits per heavy atom. The number of ketones is 2. The van der Waals surface area contributed by atoms with Crippen LogP contribution in [-0.4, -0.2) is 48.6 Å². The molecule has 4 atom stereocenters. The van der Waals surface area contributed by atoms with Crippen molar-refractivity contribution < 1.29 is 39.9 Å². The maximum Gasteiger partial charge on any atom is 0.255 e. The molecular formula is C29H29NO8. The number of carbonyl (C=O) groups is 3. The van der Waals surface area contributed by atoms with E-state index in [9.17, 15) is 39.9 Å². The highest BCUT2D eigenvalue weighted by Gasteiger charge is 2.64. The first-order chi connectivity index (χ1) is 17.9. The van der Waals surface area contributed by atoms with E-state index in [0.717, 1.165) is 5.56 Å². The number of primary amides is 1. The molecule has 9 heteroatoms. The van der Waals surface area contributed by atoms with Gasteiger partial charge in [0.05, 0.1) is 12.2 Å². The highest BCUT2D eigenvalue weighted by atomic mass is 16.3. The molecule has 1 fully saturated rings. The molecule has 3 aliphatic carbocycles. The number of carbonyl (C=O) groups excluding carboxylic acids is 3. The maximum absolute atomic E-state index is 13.9. The minimum atomic E-state index is -2.63. The van der Waals surface area contributed by atoms with Gasteiger partial charge in [0.2, 0.25) is 5.78 Å². The van der Waals surface area contributed by atoms with Crippen molar-refractivity contribution >= 4 is 23.2 Å². The van der Waals surface area contributed by atoms with Gasteiger partial charge in [-0.05, 0) is 53.0 Å². The Labute approximate surface area is 218 Å². The van der Waals surface area contributed by atoms with Gasteiger partial charge >= 0.3 is 0 Å². The van der Waals surface area contributed by atoms with Gasteiger partial charge < -0.3 is 31.3 Å². The number of Topliss-reactive ketones (excluding diaryl/α,β-unsaturated/α-hetero) is 2. The van der Waals surface area contributed by atoms with E-state index in [1.807, 2.05) is 12.1 Å². The van der Waals surface area contributed by atoms with Gasteiger partial charge in [-0.3, -0.25) is 14.4 Å². The molecule has 0 saturated heterocycles. The van der Waals surface area contributed by atoms with Gasteiger partial charge in [-0.15, -0.1) is 0 Å². The SMILES string of the molecule is CC(C)[C@@H]1C(=O)C(C(N)=O)=C(O)[C@@]2(O)C(=O)C3=C(O)c4c(O)ccc(-c5ccc(CO)cc5)c4C[C@H]3C[C@@H]12. The molecule has 0 aromatic heterocycles. The Morgan fingerprint density at radius 1 is 1.08 bits per heavy atom. The number of phenolic OH excluding ortho intramolecular Hbond substituents is 1. The second-order valence-electron chi connectivity index (χ2n) is 10.7. The Bertz CT molecular complexity index is 1450. The van der Waals surface area contributed by atoms with Gasteiger partial charge in [-0.1, -0.05) is 44.2 Å². The lowest BCUT2D eigenvalue weighted by atomic mass is 9.54. The van der Waals surface area contributed by atoms with E-state index in [1.54, 1.807) is 32.0 Å². The molecule has 5 rings (SSSR count). The zero-order valence-electron chi connectivity index (χ0n) is 20.9. The second-order valence-corrected chi connectivity index (χ2v) is 10.7. The topological polar surface area (TPSA) is 178 Å². The summed E-state index contributed by atoms with van der Waals surface area (Å²) in [5.41, 5.74) is 4.58. The number of aromatic hydroxyl groups is 1. The molecule has 0 aliphatic heterocycles. The monoisotopic (exact) mass is 519 g/mol. The predicted molar refractivity (Wildman–Crippen MR) is 136 cm³/mol. The fourth-order valence-corrected chi connectivity index (χ4v) is 6.55. The summed E-state index contributed by atoms with van der Waals surface area (Å²) in [6, 6.07) is 10.2. The molecular weight excluding hydrogens is 490 g/mol. The van der Waals surface area contributed by atoms with Crippen molar-refractivity contribution in [2.24, 2.45) is 29.4 Å². The average molecular weight is 520 g/mol. The third-order valence-electron chi connectivity index (χ3n) is 8.30. The molecule has 0 radical (unpaired) electrons. The maximum atomic E-state index is 13.9. The van der Waals surface area contributed by atoms with Crippen LogP contribution in [0.1, 0.15) is 37.0 Å². The van der Waals surface area contributed by atoms with Crippen LogP contribution in [0.15, 0.2) is 53.3 Å². The fourth-order valence-electron chi connectivity index (χ4n) is 6.55. The Hall–Kier alpha value is -3.95. The largest absolute Gasteiger partial charge is 0.508 e. The predicted octanol–water partition coefficient (Wildman–Crippen LogP) is 2.47. The summed E-state index contributed by atoms with van der Waals surface area (Å²) < 4.78 is 0. The van der Waals surface area contributed by atoms with E-state index < -0.39 is 63.8 Å². The number of aliphatic hydroxyl groups excluding tert-OH is 3. The van der Waals surface area contributed by atoms with Crippen LogP contribution < -0.4 is 5.73 Å². The van der Waals surface area contributed by atoms with Crippen molar-refractivity contribution in [3.63, 3.8) is 0 Å². The standard InChI is InChI=1S/C29H29NO8/c1-12(2)20-18-10-15-9-17-16(14-5-3-13(11-31)4-6-14)7-8-19(32)22(17)25(34)21(15)26(35)29(18,38)27(36)23(24(20)33)28(30)37/h3-8,12,15,18,20,31-32,34,36,38H,9-11H2,1-2H3,(H2,30,37)/t15-,18-,20-,29-/m0/s1. The lowest BCUT2D eigenvalue weighted by Gasteiger charge is -2.50. The van der Waals surface area contributed by atoms with E-state index in [4.69, 9.17) is 5.73 Å². The van der Waals surface area contributed by atoms with Gasteiger partial charge in [0.15, 0.2) is 11.4 Å². The van der Waals surface area contributed by atoms with E-state index in [0.29, 0.717) is 16.7 Å². The highest BCUT2D eigenvalue weighted by molar-refractivity contribution is 6.23. The zero-order valence-corrected chi connectivity index (χ0v) is 20.9. The van der Waals surface area contributed by atoms with Gasteiger partial charge in [0.1, 0.15) is 22.8 Å². The number of aliphatic hydroxyl groups is 4. The summed E-state index contributed by atoms with van der Waals surface area (Å²) in [5.74, 6) is -7.92. The van der Waals surface area contributed by atoms with Crippen molar-refractivity contribution in [3.8, 4) is 16.9 Å². The molecule has 38 heavy (non-hydrogen) atoms. The molecule has 1 amide bonds. The Kier molecular flexibility index (Phi) is 5.96. The summed E-state index contributed by atoms with van der Waals surface area (Å²) in [7, 11) is 0. The number of nitrogens with two attached hydrogens (primary N) is 1. The number of amides is 1. The van der Waals surface area contributed by atoms with E-state index >= 15 is 0 Å². The number of phenols is 1. The van der Waals surface area contributed by atoms with E-state index in [-0.39, 0.29) is 36.3 Å². The summed E-state index contributed by atoms with van der Waals surface area (Å²) in [4.78, 5) is 39.2. The van der Waals surface area contributed by atoms with Crippen LogP contribution in [0, 0.1) is 23.7 Å². The van der Waals surface area contributed by atoms with Crippen molar-refractivity contribution in [3.05, 3.63) is 70.0 Å². The molecule has 198 valence electrons. The van der Waals surface area contributed by atoms with Gasteiger partial charge in [-0.25, -0.2) is 0 Å². The van der Waals surface area contributed by atoms with Crippen molar-refractivity contribution in [2.75, 3.05) is 0 Å². The molecule has 9 nitrogen and oxygen atoms in total. The zero-order chi connectivity index (χ0) is 27.7. The lowest BCUT2D eigenvalue weighted by molar-refractivity contribution is -0.155. The van der Waals surface area contributed by atoms with Crippen LogP contribution in [-0.2, 0) is 27.4 Å². The quantitative estimate of drug-likeness (QED) is 0.333. The molecule has 7 N–H and O–H groups in total. The summed E-state index contributed by atoms with van der Waals surface area (Å²) in [6.07, 6.45) is 0.273. The van der Waals surface area contributed by atoms with Crippen molar-refractivity contribution in [1.29, 1.82) is 0 Å². The normalized spacial score (nSPS) is 26.8. The van der Waals surface area contributed by atoms with Crippen LogP contribution in [0.3, 0.4) is 0 Å².